The van der Waals surface area contributed by atoms with Crippen LogP contribution in [0.5, 0.6) is 0 Å². The van der Waals surface area contributed by atoms with E-state index < -0.39 is 10.0 Å². The van der Waals surface area contributed by atoms with Gasteiger partial charge in [0.25, 0.3) is 0 Å². The molecule has 0 aliphatic carbocycles. The standard InChI is InChI=1S/C31H32N2O4S2/c1-23-19-29(31(34)37-21-24-9-4-2-5-10-24)38-30(23)26-13-8-14-28(20-26)32-27-15-17-33(18-16-27)39(35,36)22-25-11-6-3-7-12-25/h2-14,19-20,27,32H,15-18,21-22H2,1H3. The quantitative estimate of drug-likeness (QED) is 0.237. The van der Waals surface area contributed by atoms with Crippen molar-refractivity contribution in [3.05, 3.63) is 113 Å². The molecule has 0 radical (unpaired) electrons. The summed E-state index contributed by atoms with van der Waals surface area (Å²) in [5.41, 5.74) is 4.82. The number of aryl methyl sites for hydroxylation is 1. The number of carbonyl (C=O) groups excluding carboxylic acids is 1. The topological polar surface area (TPSA) is 75.7 Å². The predicted octanol–water partition coefficient (Wildman–Crippen LogP) is 6.49. The second kappa shape index (κ2) is 12.2. The number of sulfonamides is 1. The number of hydrogen-bond acceptors (Lipinski definition) is 6. The van der Waals surface area contributed by atoms with Gasteiger partial charge in [-0.25, -0.2) is 17.5 Å². The zero-order chi connectivity index (χ0) is 27.2. The molecule has 4 aromatic rings. The lowest BCUT2D eigenvalue weighted by Gasteiger charge is -2.32. The molecule has 202 valence electrons. The van der Waals surface area contributed by atoms with Crippen LogP contribution in [0, 0.1) is 6.92 Å². The summed E-state index contributed by atoms with van der Waals surface area (Å²) in [4.78, 5) is 14.3. The van der Waals surface area contributed by atoms with Crippen molar-refractivity contribution in [3.63, 3.8) is 0 Å². The van der Waals surface area contributed by atoms with Gasteiger partial charge in [0.2, 0.25) is 10.0 Å². The third-order valence-corrected chi connectivity index (χ3v) is 9.98. The van der Waals surface area contributed by atoms with Gasteiger partial charge in [0.1, 0.15) is 11.5 Å². The molecule has 1 N–H and O–H groups in total. The van der Waals surface area contributed by atoms with Crippen LogP contribution in [0.4, 0.5) is 5.69 Å². The van der Waals surface area contributed by atoms with Crippen LogP contribution in [0.15, 0.2) is 91.0 Å². The van der Waals surface area contributed by atoms with Gasteiger partial charge in [0.05, 0.1) is 5.75 Å². The Hall–Kier alpha value is -3.46. The van der Waals surface area contributed by atoms with E-state index in [4.69, 9.17) is 4.74 Å². The Bertz CT molecular complexity index is 1510. The fraction of sp³-hybridized carbons (Fsp3) is 0.258. The van der Waals surface area contributed by atoms with Gasteiger partial charge in [-0.1, -0.05) is 72.8 Å². The summed E-state index contributed by atoms with van der Waals surface area (Å²) in [5.74, 6) is -0.280. The molecule has 6 nitrogen and oxygen atoms in total. The second-order valence-corrected chi connectivity index (χ2v) is 12.8. The number of carbonyl (C=O) groups is 1. The molecule has 8 heteroatoms. The van der Waals surface area contributed by atoms with E-state index in [9.17, 15) is 13.2 Å². The van der Waals surface area contributed by atoms with E-state index in [2.05, 4.69) is 11.4 Å². The zero-order valence-corrected chi connectivity index (χ0v) is 23.5. The fourth-order valence-corrected chi connectivity index (χ4v) is 7.43. The molecule has 2 heterocycles. The number of hydrogen-bond donors (Lipinski definition) is 1. The monoisotopic (exact) mass is 560 g/mol. The van der Waals surface area contributed by atoms with Crippen molar-refractivity contribution in [2.24, 2.45) is 0 Å². The van der Waals surface area contributed by atoms with Crippen LogP contribution in [0.2, 0.25) is 0 Å². The Kier molecular flexibility index (Phi) is 8.45. The van der Waals surface area contributed by atoms with E-state index >= 15 is 0 Å². The molecule has 0 saturated carbocycles. The number of nitrogens with one attached hydrogen (secondary N) is 1. The van der Waals surface area contributed by atoms with E-state index in [1.807, 2.05) is 91.9 Å². The van der Waals surface area contributed by atoms with Crippen molar-refractivity contribution in [1.29, 1.82) is 0 Å². The van der Waals surface area contributed by atoms with Gasteiger partial charge in [-0.05, 0) is 60.2 Å². The first-order valence-corrected chi connectivity index (χ1v) is 15.5. The lowest BCUT2D eigenvalue weighted by Crippen LogP contribution is -2.42. The normalized spacial score (nSPS) is 14.7. The number of rotatable bonds is 9. The molecule has 1 aromatic heterocycles. The minimum absolute atomic E-state index is 0.0376. The molecule has 1 fully saturated rings. The van der Waals surface area contributed by atoms with Gasteiger partial charge in [-0.3, -0.25) is 0 Å². The number of anilines is 1. The van der Waals surface area contributed by atoms with Crippen LogP contribution < -0.4 is 5.32 Å². The Morgan fingerprint density at radius 1 is 0.923 bits per heavy atom. The Labute approximate surface area is 234 Å². The maximum absolute atomic E-state index is 12.9. The fourth-order valence-electron chi connectivity index (χ4n) is 4.80. The van der Waals surface area contributed by atoms with Gasteiger partial charge >= 0.3 is 5.97 Å². The van der Waals surface area contributed by atoms with E-state index in [0.29, 0.717) is 18.0 Å². The molecule has 1 aliphatic heterocycles. The molecule has 39 heavy (non-hydrogen) atoms. The van der Waals surface area contributed by atoms with Crippen molar-refractivity contribution in [2.45, 2.75) is 38.2 Å². The predicted molar refractivity (Wildman–Crippen MR) is 157 cm³/mol. The van der Waals surface area contributed by atoms with E-state index in [1.165, 1.54) is 11.3 Å². The molecule has 0 spiro atoms. The molecule has 0 bridgehead atoms. The van der Waals surface area contributed by atoms with Gasteiger partial charge in [-0.2, -0.15) is 0 Å². The maximum Gasteiger partial charge on any atom is 0.348 e. The molecule has 0 atom stereocenters. The van der Waals surface area contributed by atoms with Crippen LogP contribution in [0.3, 0.4) is 0 Å². The van der Waals surface area contributed by atoms with Gasteiger partial charge in [0, 0.05) is 29.7 Å². The van der Waals surface area contributed by atoms with Crippen molar-refractivity contribution in [2.75, 3.05) is 18.4 Å². The summed E-state index contributed by atoms with van der Waals surface area (Å²) in [7, 11) is -3.34. The molecule has 0 amide bonds. The van der Waals surface area contributed by atoms with Crippen LogP contribution in [0.1, 0.15) is 39.2 Å². The lowest BCUT2D eigenvalue weighted by molar-refractivity contribution is 0.0478. The maximum atomic E-state index is 12.9. The van der Waals surface area contributed by atoms with Crippen LogP contribution in [-0.2, 0) is 27.1 Å². The smallest absolute Gasteiger partial charge is 0.348 e. The van der Waals surface area contributed by atoms with Crippen molar-refractivity contribution in [1.82, 2.24) is 4.31 Å². The first-order chi connectivity index (χ1) is 18.9. The summed E-state index contributed by atoms with van der Waals surface area (Å²) in [6.07, 6.45) is 1.49. The average Bonchev–Trinajstić information content (AvgIpc) is 3.35. The third kappa shape index (κ3) is 6.95. The van der Waals surface area contributed by atoms with E-state index in [-0.39, 0.29) is 24.4 Å². The first kappa shape index (κ1) is 27.1. The average molecular weight is 561 g/mol. The molecule has 1 aliphatic rings. The van der Waals surface area contributed by atoms with Crippen LogP contribution in [0.25, 0.3) is 10.4 Å². The highest BCUT2D eigenvalue weighted by atomic mass is 32.2. The highest BCUT2D eigenvalue weighted by molar-refractivity contribution is 7.88. The summed E-state index contributed by atoms with van der Waals surface area (Å²) < 4.78 is 32.9. The van der Waals surface area contributed by atoms with Gasteiger partial charge in [0.15, 0.2) is 0 Å². The Morgan fingerprint density at radius 2 is 1.59 bits per heavy atom. The highest BCUT2D eigenvalue weighted by Gasteiger charge is 2.28. The number of nitrogens with zero attached hydrogens (tertiary/aromatic N) is 1. The highest BCUT2D eigenvalue weighted by Crippen LogP contribution is 2.34. The molecule has 0 unspecified atom stereocenters. The Morgan fingerprint density at radius 3 is 2.28 bits per heavy atom. The van der Waals surface area contributed by atoms with E-state index in [1.54, 1.807) is 4.31 Å². The minimum Gasteiger partial charge on any atom is -0.457 e. The van der Waals surface area contributed by atoms with Crippen LogP contribution >= 0.6 is 11.3 Å². The third-order valence-electron chi connectivity index (χ3n) is 6.87. The van der Waals surface area contributed by atoms with Crippen LogP contribution in [-0.4, -0.2) is 37.8 Å². The number of ether oxygens (including phenoxy) is 1. The van der Waals surface area contributed by atoms with Crippen molar-refractivity contribution < 1.29 is 17.9 Å². The summed E-state index contributed by atoms with van der Waals surface area (Å²) in [6.45, 7) is 3.26. The SMILES string of the molecule is Cc1cc(C(=O)OCc2ccccc2)sc1-c1cccc(NC2CCN(S(=O)(=O)Cc3ccccc3)CC2)c1. The molecule has 3 aromatic carbocycles. The summed E-state index contributed by atoms with van der Waals surface area (Å²) >= 11 is 1.44. The molecule has 1 saturated heterocycles. The van der Waals surface area contributed by atoms with Gasteiger partial charge in [-0.15, -0.1) is 11.3 Å². The number of esters is 1. The largest absolute Gasteiger partial charge is 0.457 e. The number of thiophene rings is 1. The van der Waals surface area contributed by atoms with E-state index in [0.717, 1.165) is 45.7 Å². The summed E-state index contributed by atoms with van der Waals surface area (Å²) in [5, 5.41) is 3.59. The summed E-state index contributed by atoms with van der Waals surface area (Å²) in [6, 6.07) is 29.2. The molecular weight excluding hydrogens is 528 g/mol. The Balaban J connectivity index is 1.18. The number of benzene rings is 3. The number of piperidine rings is 1. The zero-order valence-electron chi connectivity index (χ0n) is 21.9. The minimum atomic E-state index is -3.34. The lowest BCUT2D eigenvalue weighted by atomic mass is 10.1. The molecular formula is C31H32N2O4S2. The first-order valence-electron chi connectivity index (χ1n) is 13.1. The van der Waals surface area contributed by atoms with Crippen molar-refractivity contribution in [3.8, 4) is 10.4 Å². The second-order valence-electron chi connectivity index (χ2n) is 9.82. The van der Waals surface area contributed by atoms with Crippen molar-refractivity contribution >= 4 is 33.0 Å². The van der Waals surface area contributed by atoms with Gasteiger partial charge < -0.3 is 10.1 Å². The molecule has 5 rings (SSSR count).